The number of halogens is 1. The molecule has 1 aromatic carbocycles. The van der Waals surface area contributed by atoms with Gasteiger partial charge in [0.25, 0.3) is 0 Å². The van der Waals surface area contributed by atoms with Crippen LogP contribution in [0.3, 0.4) is 0 Å². The summed E-state index contributed by atoms with van der Waals surface area (Å²) in [4.78, 5) is 29.1. The van der Waals surface area contributed by atoms with Crippen molar-refractivity contribution in [3.05, 3.63) is 28.8 Å². The standard InChI is InChI=1S/C19H27ClN6O3/c20-14-5-6-15(24-11-25-22)13(9-14)10-23-18(28)16(7-8-21)26-19(29)17(27)12-3-1-2-4-12/h5-6,8-9,11-12,16-17,21,27H,1-4,7,10,22H2,(H,23,28)(H,24,25)(H,26,29)/t16-,17+/m0/s1. The van der Waals surface area contributed by atoms with Gasteiger partial charge in [-0.25, -0.2) is 10.8 Å². The number of nitrogens with one attached hydrogen (secondary N) is 4. The molecule has 29 heavy (non-hydrogen) atoms. The van der Waals surface area contributed by atoms with Crippen LogP contribution in [-0.4, -0.2) is 41.6 Å². The first-order valence-electron chi connectivity index (χ1n) is 9.48. The summed E-state index contributed by atoms with van der Waals surface area (Å²) in [5, 5.41) is 23.3. The highest BCUT2D eigenvalue weighted by Crippen LogP contribution is 2.28. The number of carbonyl (C=O) groups excluding carboxylic acids is 2. The third-order valence-corrected chi connectivity index (χ3v) is 5.11. The first-order valence-corrected chi connectivity index (χ1v) is 9.86. The van der Waals surface area contributed by atoms with Gasteiger partial charge >= 0.3 is 0 Å². The number of aliphatic hydroxyl groups is 1. The topological polar surface area (TPSA) is 153 Å². The SMILES string of the molecule is N=CC[C@H](NC(=O)[C@H](O)C1CCCC1)C(=O)NCc1cc(Cl)ccc1N=CNN. The molecule has 0 spiro atoms. The van der Waals surface area contributed by atoms with E-state index < -0.39 is 24.0 Å². The number of benzene rings is 1. The highest BCUT2D eigenvalue weighted by molar-refractivity contribution is 6.30. The lowest BCUT2D eigenvalue weighted by molar-refractivity contribution is -0.136. The molecule has 0 bridgehead atoms. The first-order chi connectivity index (χ1) is 14.0. The summed E-state index contributed by atoms with van der Waals surface area (Å²) < 4.78 is 0. The lowest BCUT2D eigenvalue weighted by atomic mass is 10.00. The Bertz CT molecular complexity index is 751. The van der Waals surface area contributed by atoms with Gasteiger partial charge in [0.1, 0.15) is 18.5 Å². The molecule has 1 aliphatic carbocycles. The third-order valence-electron chi connectivity index (χ3n) is 4.87. The predicted octanol–water partition coefficient (Wildman–Crippen LogP) is 1.15. The number of aliphatic imine (C=N–C) groups is 1. The molecule has 0 saturated heterocycles. The zero-order valence-electron chi connectivity index (χ0n) is 16.0. The van der Waals surface area contributed by atoms with Gasteiger partial charge in [0.2, 0.25) is 11.8 Å². The molecule has 10 heteroatoms. The second-order valence-electron chi connectivity index (χ2n) is 6.91. The summed E-state index contributed by atoms with van der Waals surface area (Å²) in [6.07, 6.45) is 4.80. The van der Waals surface area contributed by atoms with Gasteiger partial charge in [-0.3, -0.25) is 9.59 Å². The van der Waals surface area contributed by atoms with E-state index in [1.165, 1.54) is 6.34 Å². The van der Waals surface area contributed by atoms with Crippen LogP contribution in [0.1, 0.15) is 37.7 Å². The van der Waals surface area contributed by atoms with Gasteiger partial charge in [-0.15, -0.1) is 0 Å². The molecule has 0 aliphatic heterocycles. The fourth-order valence-corrected chi connectivity index (χ4v) is 3.52. The van der Waals surface area contributed by atoms with Crippen molar-refractivity contribution < 1.29 is 14.7 Å². The van der Waals surface area contributed by atoms with Crippen LogP contribution in [0.15, 0.2) is 23.2 Å². The van der Waals surface area contributed by atoms with E-state index in [1.54, 1.807) is 18.2 Å². The number of aliphatic hydroxyl groups excluding tert-OH is 1. The number of nitrogens with two attached hydrogens (primary N) is 1. The second-order valence-corrected chi connectivity index (χ2v) is 7.34. The molecular weight excluding hydrogens is 396 g/mol. The van der Waals surface area contributed by atoms with Crippen LogP contribution in [-0.2, 0) is 16.1 Å². The third kappa shape index (κ3) is 6.81. The maximum absolute atomic E-state index is 12.6. The Morgan fingerprint density at radius 3 is 2.72 bits per heavy atom. The van der Waals surface area contributed by atoms with Gasteiger partial charge in [0, 0.05) is 18.0 Å². The number of hydrogen-bond donors (Lipinski definition) is 6. The van der Waals surface area contributed by atoms with Crippen molar-refractivity contribution in [2.24, 2.45) is 16.8 Å². The minimum absolute atomic E-state index is 0.0204. The largest absolute Gasteiger partial charge is 0.383 e. The predicted molar refractivity (Wildman–Crippen MR) is 112 cm³/mol. The number of hydrogen-bond acceptors (Lipinski definition) is 6. The fraction of sp³-hybridized carbons (Fsp3) is 0.474. The molecule has 9 nitrogen and oxygen atoms in total. The van der Waals surface area contributed by atoms with Crippen LogP contribution in [0.4, 0.5) is 5.69 Å². The second kappa shape index (κ2) is 11.5. The van der Waals surface area contributed by atoms with Crippen LogP contribution in [0.25, 0.3) is 0 Å². The molecule has 0 unspecified atom stereocenters. The molecule has 2 rings (SSSR count). The molecule has 1 aromatic rings. The summed E-state index contributed by atoms with van der Waals surface area (Å²) in [6, 6.07) is 4.07. The van der Waals surface area contributed by atoms with Gasteiger partial charge in [0.05, 0.1) is 5.69 Å². The van der Waals surface area contributed by atoms with Crippen molar-refractivity contribution >= 4 is 41.7 Å². The quantitative estimate of drug-likeness (QED) is 0.144. The van der Waals surface area contributed by atoms with Crippen molar-refractivity contribution in [1.29, 1.82) is 5.41 Å². The van der Waals surface area contributed by atoms with Gasteiger partial charge in [-0.2, -0.15) is 0 Å². The molecule has 1 saturated carbocycles. The number of nitrogens with zero attached hydrogens (tertiary/aromatic N) is 1. The van der Waals surface area contributed by atoms with Crippen LogP contribution >= 0.6 is 11.6 Å². The van der Waals surface area contributed by atoms with Crippen LogP contribution in [0, 0.1) is 11.3 Å². The van der Waals surface area contributed by atoms with Crippen molar-refractivity contribution in [3.63, 3.8) is 0 Å². The van der Waals surface area contributed by atoms with Gasteiger partial charge in [-0.05, 0) is 48.7 Å². The van der Waals surface area contributed by atoms with Crippen LogP contribution in [0.2, 0.25) is 5.02 Å². The van der Waals surface area contributed by atoms with E-state index in [0.29, 0.717) is 16.3 Å². The summed E-state index contributed by atoms with van der Waals surface area (Å²) in [5.41, 5.74) is 3.53. The Balaban J connectivity index is 2.00. The van der Waals surface area contributed by atoms with Gasteiger partial charge in [-0.1, -0.05) is 24.4 Å². The van der Waals surface area contributed by atoms with E-state index in [1.807, 2.05) is 0 Å². The average Bonchev–Trinajstić information content (AvgIpc) is 3.25. The lowest BCUT2D eigenvalue weighted by Gasteiger charge is -2.22. The van der Waals surface area contributed by atoms with E-state index in [4.69, 9.17) is 22.9 Å². The summed E-state index contributed by atoms with van der Waals surface area (Å²) in [7, 11) is 0. The molecule has 7 N–H and O–H groups in total. The highest BCUT2D eigenvalue weighted by Gasteiger charge is 2.31. The molecule has 2 atom stereocenters. The van der Waals surface area contributed by atoms with Crippen molar-refractivity contribution in [2.75, 3.05) is 0 Å². The Hall–Kier alpha value is -2.49. The Labute approximate surface area is 174 Å². The van der Waals surface area contributed by atoms with E-state index in [2.05, 4.69) is 21.1 Å². The molecule has 0 heterocycles. The smallest absolute Gasteiger partial charge is 0.249 e. The molecule has 1 fully saturated rings. The molecule has 0 aromatic heterocycles. The Kier molecular flexibility index (Phi) is 9.04. The molecular formula is C19H27ClN6O3. The normalized spacial score (nSPS) is 16.4. The monoisotopic (exact) mass is 422 g/mol. The summed E-state index contributed by atoms with van der Waals surface area (Å²) >= 11 is 6.02. The summed E-state index contributed by atoms with van der Waals surface area (Å²) in [5.74, 6) is 4.06. The van der Waals surface area contributed by atoms with E-state index >= 15 is 0 Å². The molecule has 2 amide bonds. The zero-order chi connectivity index (χ0) is 21.2. The average molecular weight is 423 g/mol. The van der Waals surface area contributed by atoms with Crippen LogP contribution < -0.4 is 21.9 Å². The molecule has 158 valence electrons. The minimum Gasteiger partial charge on any atom is -0.383 e. The van der Waals surface area contributed by atoms with Gasteiger partial charge in [0.15, 0.2) is 0 Å². The highest BCUT2D eigenvalue weighted by atomic mass is 35.5. The van der Waals surface area contributed by atoms with E-state index in [-0.39, 0.29) is 18.9 Å². The van der Waals surface area contributed by atoms with Crippen molar-refractivity contribution in [1.82, 2.24) is 16.1 Å². The molecule has 0 radical (unpaired) electrons. The number of rotatable bonds is 10. The van der Waals surface area contributed by atoms with Gasteiger partial charge < -0.3 is 26.6 Å². The Morgan fingerprint density at radius 1 is 1.34 bits per heavy atom. The maximum Gasteiger partial charge on any atom is 0.249 e. The van der Waals surface area contributed by atoms with Crippen molar-refractivity contribution in [3.8, 4) is 0 Å². The zero-order valence-corrected chi connectivity index (χ0v) is 16.8. The first kappa shape index (κ1) is 22.8. The number of carbonyl (C=O) groups is 2. The Morgan fingerprint density at radius 2 is 2.07 bits per heavy atom. The lowest BCUT2D eigenvalue weighted by Crippen LogP contribution is -2.50. The summed E-state index contributed by atoms with van der Waals surface area (Å²) in [6.45, 7) is 0.117. The number of amides is 2. The fourth-order valence-electron chi connectivity index (χ4n) is 3.33. The van der Waals surface area contributed by atoms with E-state index in [0.717, 1.165) is 31.9 Å². The van der Waals surface area contributed by atoms with Crippen LogP contribution in [0.5, 0.6) is 0 Å². The minimum atomic E-state index is -1.14. The maximum atomic E-state index is 12.6. The van der Waals surface area contributed by atoms with E-state index in [9.17, 15) is 14.7 Å². The van der Waals surface area contributed by atoms with Crippen molar-refractivity contribution in [2.45, 2.75) is 50.8 Å². The molecule has 1 aliphatic rings. The number of hydrazine groups is 1.